The Balaban J connectivity index is 1.81. The van der Waals surface area contributed by atoms with E-state index in [0.29, 0.717) is 6.04 Å². The zero-order valence-corrected chi connectivity index (χ0v) is 13.2. The second-order valence-electron chi connectivity index (χ2n) is 5.85. The number of hydrogen-bond donors (Lipinski definition) is 1. The molecule has 2 fully saturated rings. The van der Waals surface area contributed by atoms with E-state index in [0.717, 1.165) is 41.3 Å². The molecule has 1 saturated carbocycles. The molecule has 0 bridgehead atoms. The number of nitrogens with zero attached hydrogens (tertiary/aromatic N) is 2. The third-order valence-corrected chi connectivity index (χ3v) is 4.78. The van der Waals surface area contributed by atoms with Crippen LogP contribution < -0.4 is 10.2 Å². The standard InChI is InChI=1S/C16H20BrN3/c17-14-1-4-16(13(9-14)10-18)20(15-2-3-15)11-12-5-7-19-8-6-12/h1,4,9,12,15,19H,2-3,5-8,11H2. The molecule has 4 heteroatoms. The molecule has 1 aromatic carbocycles. The molecule has 1 aromatic rings. The summed E-state index contributed by atoms with van der Waals surface area (Å²) in [7, 11) is 0. The zero-order valence-electron chi connectivity index (χ0n) is 11.6. The minimum Gasteiger partial charge on any atom is -0.367 e. The third kappa shape index (κ3) is 3.16. The minimum absolute atomic E-state index is 0.651. The van der Waals surface area contributed by atoms with Crippen LogP contribution in [0.3, 0.4) is 0 Å². The van der Waals surface area contributed by atoms with Crippen LogP contribution in [0.4, 0.5) is 5.69 Å². The van der Waals surface area contributed by atoms with Gasteiger partial charge in [0, 0.05) is 17.1 Å². The van der Waals surface area contributed by atoms with Crippen molar-refractivity contribution in [1.29, 1.82) is 5.26 Å². The summed E-state index contributed by atoms with van der Waals surface area (Å²) in [5.74, 6) is 0.757. The fourth-order valence-corrected chi connectivity index (χ4v) is 3.38. The highest BCUT2D eigenvalue weighted by molar-refractivity contribution is 9.10. The normalized spacial score (nSPS) is 19.6. The van der Waals surface area contributed by atoms with Crippen LogP contribution in [0.15, 0.2) is 22.7 Å². The number of anilines is 1. The maximum atomic E-state index is 9.39. The van der Waals surface area contributed by atoms with Crippen LogP contribution >= 0.6 is 15.9 Å². The fourth-order valence-electron chi connectivity index (χ4n) is 3.02. The third-order valence-electron chi connectivity index (χ3n) is 4.29. The Bertz CT molecular complexity index is 513. The lowest BCUT2D eigenvalue weighted by atomic mass is 9.97. The summed E-state index contributed by atoms with van der Waals surface area (Å²) in [6.07, 6.45) is 5.04. The molecule has 1 aliphatic carbocycles. The average molecular weight is 334 g/mol. The van der Waals surface area contributed by atoms with Crippen LogP contribution in [0.2, 0.25) is 0 Å². The van der Waals surface area contributed by atoms with Crippen molar-refractivity contribution in [2.45, 2.75) is 31.7 Å². The lowest BCUT2D eigenvalue weighted by molar-refractivity contribution is 0.372. The van der Waals surface area contributed by atoms with Crippen LogP contribution in [0.1, 0.15) is 31.2 Å². The smallest absolute Gasteiger partial charge is 0.101 e. The Morgan fingerprint density at radius 3 is 2.65 bits per heavy atom. The minimum atomic E-state index is 0.651. The molecule has 3 nitrogen and oxygen atoms in total. The molecular weight excluding hydrogens is 314 g/mol. The van der Waals surface area contributed by atoms with Crippen LogP contribution in [0, 0.1) is 17.2 Å². The largest absolute Gasteiger partial charge is 0.367 e. The van der Waals surface area contributed by atoms with Crippen molar-refractivity contribution in [2.75, 3.05) is 24.5 Å². The van der Waals surface area contributed by atoms with Gasteiger partial charge in [0.05, 0.1) is 11.3 Å². The van der Waals surface area contributed by atoms with Crippen molar-refractivity contribution in [1.82, 2.24) is 5.32 Å². The van der Waals surface area contributed by atoms with Crippen molar-refractivity contribution < 1.29 is 0 Å². The van der Waals surface area contributed by atoms with E-state index in [9.17, 15) is 5.26 Å². The van der Waals surface area contributed by atoms with Gasteiger partial charge in [-0.05, 0) is 62.9 Å². The number of nitrogens with one attached hydrogen (secondary N) is 1. The number of halogens is 1. The molecule has 0 atom stereocenters. The van der Waals surface area contributed by atoms with Gasteiger partial charge >= 0.3 is 0 Å². The van der Waals surface area contributed by atoms with Gasteiger partial charge in [0.25, 0.3) is 0 Å². The van der Waals surface area contributed by atoms with Gasteiger partial charge in [-0.2, -0.15) is 5.26 Å². The maximum Gasteiger partial charge on any atom is 0.101 e. The summed E-state index contributed by atoms with van der Waals surface area (Å²) in [4.78, 5) is 2.49. The van der Waals surface area contributed by atoms with Gasteiger partial charge in [-0.1, -0.05) is 15.9 Å². The van der Waals surface area contributed by atoms with Gasteiger partial charge in [0.15, 0.2) is 0 Å². The monoisotopic (exact) mass is 333 g/mol. The van der Waals surface area contributed by atoms with E-state index in [1.807, 2.05) is 12.1 Å². The summed E-state index contributed by atoms with van der Waals surface area (Å²) in [6.45, 7) is 3.37. The van der Waals surface area contributed by atoms with E-state index in [2.05, 4.69) is 38.3 Å². The van der Waals surface area contributed by atoms with Crippen molar-refractivity contribution in [3.63, 3.8) is 0 Å². The van der Waals surface area contributed by atoms with Gasteiger partial charge in [-0.25, -0.2) is 0 Å². The number of benzene rings is 1. The highest BCUT2D eigenvalue weighted by atomic mass is 79.9. The predicted molar refractivity (Wildman–Crippen MR) is 84.8 cm³/mol. The fraction of sp³-hybridized carbons (Fsp3) is 0.562. The number of hydrogen-bond acceptors (Lipinski definition) is 3. The van der Waals surface area contributed by atoms with Crippen molar-refractivity contribution in [2.24, 2.45) is 5.92 Å². The van der Waals surface area contributed by atoms with E-state index in [-0.39, 0.29) is 0 Å². The number of nitriles is 1. The molecule has 0 spiro atoms. The van der Waals surface area contributed by atoms with Gasteiger partial charge in [-0.3, -0.25) is 0 Å². The molecule has 1 aliphatic heterocycles. The summed E-state index contributed by atoms with van der Waals surface area (Å²) >= 11 is 3.46. The lowest BCUT2D eigenvalue weighted by Crippen LogP contribution is -2.37. The predicted octanol–water partition coefficient (Wildman–Crippen LogP) is 3.29. The van der Waals surface area contributed by atoms with Crippen molar-refractivity contribution >= 4 is 21.6 Å². The number of piperidine rings is 1. The highest BCUT2D eigenvalue weighted by Crippen LogP contribution is 2.35. The Hall–Kier alpha value is -1.05. The molecule has 106 valence electrons. The Labute approximate surface area is 129 Å². The van der Waals surface area contributed by atoms with Crippen LogP contribution in [-0.2, 0) is 0 Å². The Morgan fingerprint density at radius 1 is 1.25 bits per heavy atom. The SMILES string of the molecule is N#Cc1cc(Br)ccc1N(CC1CCNCC1)C1CC1. The quantitative estimate of drug-likeness (QED) is 0.918. The number of rotatable bonds is 4. The first kappa shape index (κ1) is 13.9. The molecule has 20 heavy (non-hydrogen) atoms. The molecule has 1 heterocycles. The van der Waals surface area contributed by atoms with Gasteiger partial charge in [0.1, 0.15) is 6.07 Å². The molecule has 0 radical (unpaired) electrons. The van der Waals surface area contributed by atoms with Crippen LogP contribution in [-0.4, -0.2) is 25.7 Å². The van der Waals surface area contributed by atoms with Gasteiger partial charge < -0.3 is 10.2 Å². The van der Waals surface area contributed by atoms with Crippen molar-refractivity contribution in [3.05, 3.63) is 28.2 Å². The summed E-state index contributed by atoms with van der Waals surface area (Å²) in [6, 6.07) is 9.09. The van der Waals surface area contributed by atoms with Gasteiger partial charge in [0.2, 0.25) is 0 Å². The molecule has 2 aliphatic rings. The molecule has 0 amide bonds. The van der Waals surface area contributed by atoms with E-state index >= 15 is 0 Å². The molecule has 1 saturated heterocycles. The molecule has 0 aromatic heterocycles. The van der Waals surface area contributed by atoms with Crippen LogP contribution in [0.5, 0.6) is 0 Å². The van der Waals surface area contributed by atoms with Gasteiger partial charge in [-0.15, -0.1) is 0 Å². The van der Waals surface area contributed by atoms with E-state index in [1.165, 1.54) is 25.7 Å². The maximum absolute atomic E-state index is 9.39. The highest BCUT2D eigenvalue weighted by Gasteiger charge is 2.32. The zero-order chi connectivity index (χ0) is 13.9. The molecule has 3 rings (SSSR count). The molecular formula is C16H20BrN3. The van der Waals surface area contributed by atoms with E-state index < -0.39 is 0 Å². The molecule has 0 unspecified atom stereocenters. The first-order valence-electron chi connectivity index (χ1n) is 7.45. The average Bonchev–Trinajstić information content (AvgIpc) is 3.31. The summed E-state index contributed by atoms with van der Waals surface area (Å²) in [5.41, 5.74) is 1.91. The molecule has 1 N–H and O–H groups in total. The van der Waals surface area contributed by atoms with Crippen LogP contribution in [0.25, 0.3) is 0 Å². The Morgan fingerprint density at radius 2 is 2.00 bits per heavy atom. The lowest BCUT2D eigenvalue weighted by Gasteiger charge is -2.32. The Kier molecular flexibility index (Phi) is 4.28. The van der Waals surface area contributed by atoms with Crippen molar-refractivity contribution in [3.8, 4) is 6.07 Å². The van der Waals surface area contributed by atoms with E-state index in [4.69, 9.17) is 0 Å². The summed E-state index contributed by atoms with van der Waals surface area (Å²) < 4.78 is 0.982. The first-order chi connectivity index (χ1) is 9.78. The second-order valence-corrected chi connectivity index (χ2v) is 6.77. The topological polar surface area (TPSA) is 39.1 Å². The summed E-state index contributed by atoms with van der Waals surface area (Å²) in [5, 5.41) is 12.8. The first-order valence-corrected chi connectivity index (χ1v) is 8.24. The van der Waals surface area contributed by atoms with E-state index in [1.54, 1.807) is 0 Å². The second kappa shape index (κ2) is 6.15.